The van der Waals surface area contributed by atoms with E-state index in [0.717, 1.165) is 23.4 Å². The number of rotatable bonds is 2. The number of fused-ring (bicyclic) bond motifs is 2. The molecule has 2 heterocycles. The number of pyridine rings is 1. The van der Waals surface area contributed by atoms with E-state index < -0.39 is 11.5 Å². The van der Waals surface area contributed by atoms with E-state index in [-0.39, 0.29) is 23.7 Å². The van der Waals surface area contributed by atoms with E-state index in [1.54, 1.807) is 31.1 Å². The summed E-state index contributed by atoms with van der Waals surface area (Å²) < 4.78 is 1.41. The Morgan fingerprint density at radius 1 is 1.19 bits per heavy atom. The number of halogens is 1. The minimum atomic E-state index is -0.499. The molecule has 1 aliphatic heterocycles. The van der Waals surface area contributed by atoms with E-state index in [1.165, 1.54) is 4.57 Å². The number of para-hydroxylation sites is 1. The number of anilines is 2. The Morgan fingerprint density at radius 2 is 1.93 bits per heavy atom. The zero-order valence-corrected chi connectivity index (χ0v) is 15.8. The van der Waals surface area contributed by atoms with Crippen LogP contribution in [-0.2, 0) is 13.5 Å². The summed E-state index contributed by atoms with van der Waals surface area (Å²) in [6.45, 7) is 0.495. The number of hydrogen-bond donors (Lipinski definition) is 2. The van der Waals surface area contributed by atoms with Crippen LogP contribution in [0.3, 0.4) is 0 Å². The maximum atomic E-state index is 13.1. The van der Waals surface area contributed by atoms with Crippen LogP contribution in [0.25, 0.3) is 10.9 Å². The van der Waals surface area contributed by atoms with Gasteiger partial charge in [0.05, 0.1) is 5.52 Å². The van der Waals surface area contributed by atoms with Crippen molar-refractivity contribution in [2.24, 2.45) is 7.05 Å². The molecule has 1 aromatic heterocycles. The van der Waals surface area contributed by atoms with Gasteiger partial charge in [-0.1, -0.05) is 18.2 Å². The molecule has 4 rings (SSSR count). The molecule has 3 aromatic rings. The van der Waals surface area contributed by atoms with Crippen LogP contribution in [-0.4, -0.2) is 29.2 Å². The quantitative estimate of drug-likeness (QED) is 0.711. The third-order valence-corrected chi connectivity index (χ3v) is 5.00. The van der Waals surface area contributed by atoms with E-state index in [2.05, 4.69) is 5.32 Å². The van der Waals surface area contributed by atoms with Crippen molar-refractivity contribution in [2.45, 2.75) is 6.42 Å². The highest BCUT2D eigenvalue weighted by atomic mass is 35.5. The van der Waals surface area contributed by atoms with E-state index in [1.807, 2.05) is 30.3 Å². The van der Waals surface area contributed by atoms with Crippen LogP contribution < -0.4 is 15.8 Å². The molecule has 0 spiro atoms. The Labute approximate surface area is 162 Å². The predicted octanol–water partition coefficient (Wildman–Crippen LogP) is 2.91. The van der Waals surface area contributed by atoms with E-state index in [4.69, 9.17) is 0 Å². The first-order chi connectivity index (χ1) is 12.5. The van der Waals surface area contributed by atoms with E-state index in [0.29, 0.717) is 17.4 Å². The van der Waals surface area contributed by atoms with Crippen molar-refractivity contribution in [3.63, 3.8) is 0 Å². The van der Waals surface area contributed by atoms with E-state index >= 15 is 0 Å². The molecule has 0 bridgehead atoms. The topological polar surface area (TPSA) is 74.6 Å². The molecule has 7 heteroatoms. The second kappa shape index (κ2) is 6.96. The third kappa shape index (κ3) is 2.82. The van der Waals surface area contributed by atoms with Gasteiger partial charge in [-0.2, -0.15) is 0 Å². The van der Waals surface area contributed by atoms with Crippen LogP contribution in [0.5, 0.6) is 5.75 Å². The lowest BCUT2D eigenvalue weighted by molar-refractivity contribution is 0.0985. The first-order valence-corrected chi connectivity index (χ1v) is 8.46. The van der Waals surface area contributed by atoms with Gasteiger partial charge in [-0.15, -0.1) is 12.4 Å². The zero-order chi connectivity index (χ0) is 18.4. The van der Waals surface area contributed by atoms with Gasteiger partial charge in [0, 0.05) is 37.4 Å². The summed E-state index contributed by atoms with van der Waals surface area (Å²) in [4.78, 5) is 27.5. The molecule has 0 radical (unpaired) electrons. The number of nitrogens with one attached hydrogen (secondary N) is 1. The molecule has 0 unspecified atom stereocenters. The van der Waals surface area contributed by atoms with Gasteiger partial charge in [0.2, 0.25) is 0 Å². The van der Waals surface area contributed by atoms with Crippen LogP contribution in [0.2, 0.25) is 0 Å². The lowest BCUT2D eigenvalue weighted by Crippen LogP contribution is -2.35. The number of carbonyl (C=O) groups is 1. The van der Waals surface area contributed by atoms with E-state index in [9.17, 15) is 14.7 Å². The molecular formula is C20H20ClN3O3. The number of benzene rings is 2. The van der Waals surface area contributed by atoms with Gasteiger partial charge in [-0.3, -0.25) is 9.59 Å². The first kappa shape index (κ1) is 18.8. The Kier molecular flexibility index (Phi) is 4.85. The normalized spacial score (nSPS) is 12.6. The average Bonchev–Trinajstić information content (AvgIpc) is 3.10. The molecule has 2 N–H and O–H groups in total. The van der Waals surface area contributed by atoms with Crippen molar-refractivity contribution in [3.8, 4) is 5.75 Å². The SMILES string of the molecule is CNc1ccc2c(c1)c(O)c(C(=O)N1CCc3ccccc31)c(=O)n2C.Cl. The fourth-order valence-corrected chi connectivity index (χ4v) is 3.56. The summed E-state index contributed by atoms with van der Waals surface area (Å²) >= 11 is 0. The molecule has 0 atom stereocenters. The van der Waals surface area contributed by atoms with Gasteiger partial charge in [-0.25, -0.2) is 0 Å². The molecule has 1 aliphatic rings. The molecular weight excluding hydrogens is 366 g/mol. The molecule has 2 aromatic carbocycles. The Hall–Kier alpha value is -2.99. The molecule has 27 heavy (non-hydrogen) atoms. The van der Waals surface area contributed by atoms with Crippen molar-refractivity contribution in [3.05, 3.63) is 63.9 Å². The van der Waals surface area contributed by atoms with Crippen molar-refractivity contribution in [2.75, 3.05) is 23.8 Å². The largest absolute Gasteiger partial charge is 0.506 e. The number of aromatic hydroxyl groups is 1. The number of aryl methyl sites for hydroxylation is 1. The number of nitrogens with zero attached hydrogens (tertiary/aromatic N) is 2. The summed E-state index contributed by atoms with van der Waals surface area (Å²) in [7, 11) is 3.38. The van der Waals surface area contributed by atoms with Gasteiger partial charge in [0.1, 0.15) is 11.3 Å². The number of amides is 1. The Bertz CT molecular complexity index is 1110. The molecule has 0 saturated heterocycles. The van der Waals surface area contributed by atoms with Gasteiger partial charge < -0.3 is 19.9 Å². The maximum Gasteiger partial charge on any atom is 0.267 e. The first-order valence-electron chi connectivity index (χ1n) is 8.46. The molecule has 6 nitrogen and oxygen atoms in total. The second-order valence-electron chi connectivity index (χ2n) is 6.41. The summed E-state index contributed by atoms with van der Waals surface area (Å²) in [5.41, 5.74) is 2.53. The fraction of sp³-hybridized carbons (Fsp3) is 0.200. The summed E-state index contributed by atoms with van der Waals surface area (Å²) in [6, 6.07) is 12.9. The summed E-state index contributed by atoms with van der Waals surface area (Å²) in [5, 5.41) is 14.2. The minimum Gasteiger partial charge on any atom is -0.506 e. The van der Waals surface area contributed by atoms with Crippen molar-refractivity contribution in [1.29, 1.82) is 0 Å². The maximum absolute atomic E-state index is 13.1. The molecule has 1 amide bonds. The third-order valence-electron chi connectivity index (χ3n) is 5.00. The zero-order valence-electron chi connectivity index (χ0n) is 15.0. The number of hydrogen-bond acceptors (Lipinski definition) is 4. The summed E-state index contributed by atoms with van der Waals surface area (Å²) in [6.07, 6.45) is 0.737. The highest BCUT2D eigenvalue weighted by molar-refractivity contribution is 6.11. The lowest BCUT2D eigenvalue weighted by atomic mass is 10.1. The van der Waals surface area contributed by atoms with Gasteiger partial charge in [-0.05, 0) is 36.2 Å². The van der Waals surface area contributed by atoms with Crippen LogP contribution in [0.15, 0.2) is 47.3 Å². The number of carbonyl (C=O) groups excluding carboxylic acids is 1. The van der Waals surface area contributed by atoms with Gasteiger partial charge in [0.15, 0.2) is 0 Å². The molecule has 0 aliphatic carbocycles. The molecule has 0 saturated carbocycles. The Balaban J connectivity index is 0.00000210. The average molecular weight is 386 g/mol. The van der Waals surface area contributed by atoms with Crippen LogP contribution in [0.1, 0.15) is 15.9 Å². The van der Waals surface area contributed by atoms with Crippen LogP contribution in [0.4, 0.5) is 11.4 Å². The van der Waals surface area contributed by atoms with Crippen molar-refractivity contribution in [1.82, 2.24) is 4.57 Å². The van der Waals surface area contributed by atoms with Crippen molar-refractivity contribution >= 4 is 40.6 Å². The highest BCUT2D eigenvalue weighted by Crippen LogP contribution is 2.33. The lowest BCUT2D eigenvalue weighted by Gasteiger charge is -2.19. The fourth-order valence-electron chi connectivity index (χ4n) is 3.56. The Morgan fingerprint density at radius 3 is 2.67 bits per heavy atom. The summed E-state index contributed by atoms with van der Waals surface area (Å²) in [5.74, 6) is -0.737. The van der Waals surface area contributed by atoms with Gasteiger partial charge in [0.25, 0.3) is 11.5 Å². The smallest absolute Gasteiger partial charge is 0.267 e. The molecule has 0 fully saturated rings. The number of aromatic nitrogens is 1. The minimum absolute atomic E-state index is 0. The second-order valence-corrected chi connectivity index (χ2v) is 6.41. The predicted molar refractivity (Wildman–Crippen MR) is 109 cm³/mol. The molecule has 140 valence electrons. The van der Waals surface area contributed by atoms with Gasteiger partial charge >= 0.3 is 0 Å². The van der Waals surface area contributed by atoms with Crippen LogP contribution in [0, 0.1) is 0 Å². The van der Waals surface area contributed by atoms with Crippen LogP contribution >= 0.6 is 12.4 Å². The highest BCUT2D eigenvalue weighted by Gasteiger charge is 2.30. The van der Waals surface area contributed by atoms with Crippen molar-refractivity contribution < 1.29 is 9.90 Å². The monoisotopic (exact) mass is 385 g/mol. The standard InChI is InChI=1S/C20H19N3O3.ClH/c1-21-13-7-8-16-14(11-13)18(24)17(19(25)22(16)2)20(26)23-10-9-12-5-3-4-6-15(12)23;/h3-8,11,21,24H,9-10H2,1-2H3;1H.